The molecule has 2 aromatic heterocycles. The standard InChI is InChI=1S/C23H27N5O/c1-14-6-5-7-18(15(14)2)16(3)25-22-19-8-21(24-9-20(19)17(4)26-27-22)28-10-23(11-28)12-29-13-23/h5-9,16H,10-13H2,1-4H3,(H,25,27)/t16-/m1/s1. The van der Waals surface area contributed by atoms with Crippen LogP contribution < -0.4 is 10.2 Å². The lowest BCUT2D eigenvalue weighted by molar-refractivity contribution is -0.127. The van der Waals surface area contributed by atoms with Crippen molar-refractivity contribution in [2.45, 2.75) is 33.7 Å². The van der Waals surface area contributed by atoms with Crippen molar-refractivity contribution in [2.24, 2.45) is 5.41 Å². The molecule has 1 spiro atoms. The van der Waals surface area contributed by atoms with Crippen LogP contribution in [0.2, 0.25) is 0 Å². The summed E-state index contributed by atoms with van der Waals surface area (Å²) >= 11 is 0. The van der Waals surface area contributed by atoms with E-state index in [1.54, 1.807) is 0 Å². The summed E-state index contributed by atoms with van der Waals surface area (Å²) in [5.41, 5.74) is 5.16. The zero-order chi connectivity index (χ0) is 20.2. The molecule has 150 valence electrons. The molecule has 0 aliphatic carbocycles. The molecule has 2 aliphatic rings. The van der Waals surface area contributed by atoms with Crippen LogP contribution in [-0.2, 0) is 4.74 Å². The van der Waals surface area contributed by atoms with Crippen molar-refractivity contribution in [3.05, 3.63) is 52.8 Å². The second-order valence-corrected chi connectivity index (χ2v) is 8.73. The highest BCUT2D eigenvalue weighted by molar-refractivity contribution is 5.94. The van der Waals surface area contributed by atoms with Gasteiger partial charge in [-0.05, 0) is 50.5 Å². The highest BCUT2D eigenvalue weighted by Gasteiger charge is 2.49. The SMILES string of the molecule is Cc1cccc([C@@H](C)Nc2nnc(C)c3cnc(N4CC5(COC5)C4)cc23)c1C. The van der Waals surface area contributed by atoms with E-state index in [1.165, 1.54) is 16.7 Å². The molecule has 0 bridgehead atoms. The van der Waals surface area contributed by atoms with Crippen LogP contribution in [0.3, 0.4) is 0 Å². The maximum Gasteiger partial charge on any atom is 0.157 e. The van der Waals surface area contributed by atoms with E-state index >= 15 is 0 Å². The molecule has 6 nitrogen and oxygen atoms in total. The number of anilines is 2. The zero-order valence-corrected chi connectivity index (χ0v) is 17.5. The van der Waals surface area contributed by atoms with Gasteiger partial charge >= 0.3 is 0 Å². The van der Waals surface area contributed by atoms with E-state index in [2.05, 4.69) is 65.5 Å². The fraction of sp³-hybridized carbons (Fsp3) is 0.435. The smallest absolute Gasteiger partial charge is 0.157 e. The number of rotatable bonds is 4. The Morgan fingerprint density at radius 1 is 1.10 bits per heavy atom. The molecule has 0 radical (unpaired) electrons. The third-order valence-corrected chi connectivity index (χ3v) is 6.49. The fourth-order valence-corrected chi connectivity index (χ4v) is 4.47. The second-order valence-electron chi connectivity index (χ2n) is 8.73. The van der Waals surface area contributed by atoms with Crippen molar-refractivity contribution >= 4 is 22.4 Å². The molecular weight excluding hydrogens is 362 g/mol. The number of nitrogens with zero attached hydrogens (tertiary/aromatic N) is 4. The number of hydrogen-bond acceptors (Lipinski definition) is 6. The van der Waals surface area contributed by atoms with E-state index in [9.17, 15) is 0 Å². The average Bonchev–Trinajstić information content (AvgIpc) is 2.64. The molecule has 2 saturated heterocycles. The Kier molecular flexibility index (Phi) is 4.21. The largest absolute Gasteiger partial charge is 0.380 e. The molecule has 29 heavy (non-hydrogen) atoms. The molecule has 6 heteroatoms. The summed E-state index contributed by atoms with van der Waals surface area (Å²) in [6.45, 7) is 12.3. The number of fused-ring (bicyclic) bond motifs is 1. The number of hydrogen-bond donors (Lipinski definition) is 1. The molecule has 1 atom stereocenters. The van der Waals surface area contributed by atoms with Crippen LogP contribution in [0.1, 0.15) is 35.3 Å². The molecule has 1 N–H and O–H groups in total. The van der Waals surface area contributed by atoms with Crippen molar-refractivity contribution < 1.29 is 4.74 Å². The normalized spacial score (nSPS) is 18.4. The van der Waals surface area contributed by atoms with Gasteiger partial charge in [0.25, 0.3) is 0 Å². The predicted octanol–water partition coefficient (Wildman–Crippen LogP) is 3.96. The van der Waals surface area contributed by atoms with E-state index in [-0.39, 0.29) is 6.04 Å². The van der Waals surface area contributed by atoms with Crippen molar-refractivity contribution in [1.82, 2.24) is 15.2 Å². The summed E-state index contributed by atoms with van der Waals surface area (Å²) in [6.07, 6.45) is 1.94. The van der Waals surface area contributed by atoms with Crippen molar-refractivity contribution in [3.63, 3.8) is 0 Å². The number of nitrogens with one attached hydrogen (secondary N) is 1. The lowest BCUT2D eigenvalue weighted by atomic mass is 9.78. The Morgan fingerprint density at radius 3 is 2.62 bits per heavy atom. The van der Waals surface area contributed by atoms with Gasteiger partial charge in [-0.25, -0.2) is 4.98 Å². The minimum atomic E-state index is 0.131. The van der Waals surface area contributed by atoms with Gasteiger partial charge in [-0.15, -0.1) is 5.10 Å². The second kappa shape index (κ2) is 6.66. The van der Waals surface area contributed by atoms with Gasteiger partial charge in [-0.3, -0.25) is 0 Å². The van der Waals surface area contributed by atoms with Gasteiger partial charge in [0.1, 0.15) is 5.82 Å². The lowest BCUT2D eigenvalue weighted by Gasteiger charge is -2.55. The highest BCUT2D eigenvalue weighted by atomic mass is 16.5. The van der Waals surface area contributed by atoms with Crippen molar-refractivity contribution in [2.75, 3.05) is 36.5 Å². The van der Waals surface area contributed by atoms with Gasteiger partial charge in [-0.1, -0.05) is 18.2 Å². The Hall–Kier alpha value is -2.73. The molecular formula is C23H27N5O. The Labute approximate surface area is 171 Å². The fourth-order valence-electron chi connectivity index (χ4n) is 4.47. The zero-order valence-electron chi connectivity index (χ0n) is 17.5. The average molecular weight is 390 g/mol. The van der Waals surface area contributed by atoms with Crippen LogP contribution in [-0.4, -0.2) is 41.5 Å². The molecule has 5 rings (SSSR count). The van der Waals surface area contributed by atoms with Gasteiger partial charge < -0.3 is 15.0 Å². The first-order valence-corrected chi connectivity index (χ1v) is 10.2. The van der Waals surface area contributed by atoms with Crippen LogP contribution in [0.4, 0.5) is 11.6 Å². The molecule has 0 amide bonds. The molecule has 4 heterocycles. The summed E-state index contributed by atoms with van der Waals surface area (Å²) in [6, 6.07) is 8.72. The maximum absolute atomic E-state index is 5.40. The lowest BCUT2D eigenvalue weighted by Crippen LogP contribution is -2.66. The van der Waals surface area contributed by atoms with Crippen molar-refractivity contribution in [3.8, 4) is 0 Å². The topological polar surface area (TPSA) is 63.2 Å². The molecule has 3 aromatic rings. The summed E-state index contributed by atoms with van der Waals surface area (Å²) in [7, 11) is 0. The third-order valence-electron chi connectivity index (χ3n) is 6.49. The monoisotopic (exact) mass is 389 g/mol. The minimum Gasteiger partial charge on any atom is -0.380 e. The number of pyridine rings is 1. The van der Waals surface area contributed by atoms with Gasteiger partial charge in [0.05, 0.1) is 30.4 Å². The van der Waals surface area contributed by atoms with Crippen molar-refractivity contribution in [1.29, 1.82) is 0 Å². The highest BCUT2D eigenvalue weighted by Crippen LogP contribution is 2.40. The number of benzene rings is 1. The minimum absolute atomic E-state index is 0.131. The first kappa shape index (κ1) is 18.3. The number of aryl methyl sites for hydroxylation is 2. The third kappa shape index (κ3) is 3.02. The summed E-state index contributed by atoms with van der Waals surface area (Å²) < 4.78 is 5.40. The van der Waals surface area contributed by atoms with Gasteiger partial charge in [0.15, 0.2) is 5.82 Å². The quantitative estimate of drug-likeness (QED) is 0.729. The summed E-state index contributed by atoms with van der Waals surface area (Å²) in [5, 5.41) is 14.6. The summed E-state index contributed by atoms with van der Waals surface area (Å²) in [4.78, 5) is 7.04. The van der Waals surface area contributed by atoms with Gasteiger partial charge in [0, 0.05) is 30.1 Å². The Morgan fingerprint density at radius 2 is 1.90 bits per heavy atom. The number of aromatic nitrogens is 3. The number of ether oxygens (including phenoxy) is 1. The molecule has 2 aliphatic heterocycles. The van der Waals surface area contributed by atoms with E-state index in [0.29, 0.717) is 5.41 Å². The van der Waals surface area contributed by atoms with E-state index in [0.717, 1.165) is 54.4 Å². The van der Waals surface area contributed by atoms with Crippen LogP contribution in [0, 0.1) is 26.2 Å². The van der Waals surface area contributed by atoms with Crippen LogP contribution in [0.25, 0.3) is 10.8 Å². The molecule has 0 unspecified atom stereocenters. The predicted molar refractivity (Wildman–Crippen MR) is 115 cm³/mol. The van der Waals surface area contributed by atoms with E-state index < -0.39 is 0 Å². The molecule has 0 saturated carbocycles. The molecule has 2 fully saturated rings. The maximum atomic E-state index is 5.40. The summed E-state index contributed by atoms with van der Waals surface area (Å²) in [5.74, 6) is 1.81. The van der Waals surface area contributed by atoms with E-state index in [4.69, 9.17) is 9.72 Å². The van der Waals surface area contributed by atoms with Gasteiger partial charge in [-0.2, -0.15) is 5.10 Å². The van der Waals surface area contributed by atoms with Crippen LogP contribution >= 0.6 is 0 Å². The molecule has 1 aromatic carbocycles. The van der Waals surface area contributed by atoms with E-state index in [1.807, 2.05) is 13.1 Å². The van der Waals surface area contributed by atoms with Gasteiger partial charge in [0.2, 0.25) is 0 Å². The van der Waals surface area contributed by atoms with Crippen LogP contribution in [0.15, 0.2) is 30.5 Å². The Bertz CT molecular complexity index is 1080. The first-order valence-electron chi connectivity index (χ1n) is 10.2. The Balaban J connectivity index is 1.47. The first-order chi connectivity index (χ1) is 14.0. The van der Waals surface area contributed by atoms with Crippen LogP contribution in [0.5, 0.6) is 0 Å².